The Morgan fingerprint density at radius 2 is 1.92 bits per heavy atom. The van der Waals surface area contributed by atoms with Gasteiger partial charge in [-0.2, -0.15) is 0 Å². The van der Waals surface area contributed by atoms with Crippen LogP contribution >= 0.6 is 11.3 Å². The fourth-order valence-electron chi connectivity index (χ4n) is 2.21. The number of hydrogen-bond donors (Lipinski definition) is 3. The van der Waals surface area contributed by atoms with E-state index in [1.807, 2.05) is 44.3 Å². The molecule has 0 atom stereocenters. The number of nitrogens with zero attached hydrogens (tertiary/aromatic N) is 2. The van der Waals surface area contributed by atoms with Crippen molar-refractivity contribution in [2.24, 2.45) is 4.99 Å². The predicted molar refractivity (Wildman–Crippen MR) is 104 cm³/mol. The van der Waals surface area contributed by atoms with Gasteiger partial charge in [-0.1, -0.05) is 19.1 Å². The SMILES string of the molecule is CCCC(=O)Nc1ccc(CNC(=NC)NCc2ncc(C)s2)cc1. The molecule has 2 aromatic rings. The number of hydrogen-bond acceptors (Lipinski definition) is 4. The monoisotopic (exact) mass is 359 g/mol. The average Bonchev–Trinajstić information content (AvgIpc) is 3.02. The van der Waals surface area contributed by atoms with Crippen LogP contribution in [-0.2, 0) is 17.9 Å². The van der Waals surface area contributed by atoms with E-state index >= 15 is 0 Å². The van der Waals surface area contributed by atoms with E-state index < -0.39 is 0 Å². The average molecular weight is 359 g/mol. The first-order chi connectivity index (χ1) is 12.1. The summed E-state index contributed by atoms with van der Waals surface area (Å²) in [5.74, 6) is 0.781. The van der Waals surface area contributed by atoms with Crippen molar-refractivity contribution < 1.29 is 4.79 Å². The maximum atomic E-state index is 11.6. The molecule has 0 unspecified atom stereocenters. The number of amides is 1. The summed E-state index contributed by atoms with van der Waals surface area (Å²) in [6.45, 7) is 5.34. The number of carbonyl (C=O) groups is 1. The summed E-state index contributed by atoms with van der Waals surface area (Å²) in [6.07, 6.45) is 3.27. The molecule has 0 saturated carbocycles. The highest BCUT2D eigenvalue weighted by Crippen LogP contribution is 2.11. The second kappa shape index (κ2) is 9.78. The molecule has 0 spiro atoms. The Morgan fingerprint density at radius 1 is 1.20 bits per heavy atom. The van der Waals surface area contributed by atoms with Crippen molar-refractivity contribution in [2.75, 3.05) is 12.4 Å². The van der Waals surface area contributed by atoms with Crippen molar-refractivity contribution in [3.63, 3.8) is 0 Å². The number of aliphatic imine (C=N–C) groups is 1. The van der Waals surface area contributed by atoms with E-state index in [1.165, 1.54) is 4.88 Å². The van der Waals surface area contributed by atoms with Crippen molar-refractivity contribution in [2.45, 2.75) is 39.8 Å². The lowest BCUT2D eigenvalue weighted by Crippen LogP contribution is -2.36. The molecular weight excluding hydrogens is 334 g/mol. The Labute approximate surface area is 152 Å². The molecule has 25 heavy (non-hydrogen) atoms. The quantitative estimate of drug-likeness (QED) is 0.524. The van der Waals surface area contributed by atoms with Gasteiger partial charge in [-0.25, -0.2) is 4.98 Å². The summed E-state index contributed by atoms with van der Waals surface area (Å²) >= 11 is 1.67. The molecule has 0 saturated heterocycles. The van der Waals surface area contributed by atoms with E-state index in [1.54, 1.807) is 18.4 Å². The Hall–Kier alpha value is -2.41. The number of aromatic nitrogens is 1. The van der Waals surface area contributed by atoms with Crippen LogP contribution in [0.15, 0.2) is 35.5 Å². The molecule has 0 radical (unpaired) electrons. The van der Waals surface area contributed by atoms with Crippen LogP contribution in [0.1, 0.15) is 35.2 Å². The van der Waals surface area contributed by atoms with Gasteiger partial charge in [0.15, 0.2) is 5.96 Å². The Balaban J connectivity index is 1.79. The third-order valence-electron chi connectivity index (χ3n) is 3.47. The molecule has 0 aliphatic rings. The highest BCUT2D eigenvalue weighted by molar-refractivity contribution is 7.11. The van der Waals surface area contributed by atoms with Crippen LogP contribution in [0.5, 0.6) is 0 Å². The van der Waals surface area contributed by atoms with Crippen LogP contribution in [0.4, 0.5) is 5.69 Å². The molecule has 1 aromatic carbocycles. The second-order valence-electron chi connectivity index (χ2n) is 5.64. The molecule has 0 aliphatic heterocycles. The number of carbonyl (C=O) groups excluding carboxylic acids is 1. The first-order valence-corrected chi connectivity index (χ1v) is 9.17. The predicted octanol–water partition coefficient (Wildman–Crippen LogP) is 3.06. The van der Waals surface area contributed by atoms with Crippen molar-refractivity contribution >= 4 is 28.9 Å². The Bertz CT molecular complexity index is 709. The van der Waals surface area contributed by atoms with Gasteiger partial charge in [-0.15, -0.1) is 11.3 Å². The zero-order chi connectivity index (χ0) is 18.1. The molecule has 3 N–H and O–H groups in total. The molecule has 0 fully saturated rings. The third-order valence-corrected chi connectivity index (χ3v) is 4.39. The summed E-state index contributed by atoms with van der Waals surface area (Å²) < 4.78 is 0. The summed E-state index contributed by atoms with van der Waals surface area (Å²) in [4.78, 5) is 21.3. The van der Waals surface area contributed by atoms with Crippen LogP contribution < -0.4 is 16.0 Å². The fraction of sp³-hybridized carbons (Fsp3) is 0.389. The van der Waals surface area contributed by atoms with E-state index in [0.717, 1.165) is 28.6 Å². The van der Waals surface area contributed by atoms with Crippen LogP contribution in [-0.4, -0.2) is 23.9 Å². The minimum absolute atomic E-state index is 0.0513. The zero-order valence-corrected chi connectivity index (χ0v) is 15.7. The van der Waals surface area contributed by atoms with Gasteiger partial charge in [0, 0.05) is 36.8 Å². The minimum Gasteiger partial charge on any atom is -0.352 e. The lowest BCUT2D eigenvalue weighted by Gasteiger charge is -2.11. The lowest BCUT2D eigenvalue weighted by molar-refractivity contribution is -0.116. The first-order valence-electron chi connectivity index (χ1n) is 8.35. The summed E-state index contributed by atoms with van der Waals surface area (Å²) in [5.41, 5.74) is 1.94. The molecule has 1 amide bonds. The number of nitrogens with one attached hydrogen (secondary N) is 3. The highest BCUT2D eigenvalue weighted by atomic mass is 32.1. The van der Waals surface area contributed by atoms with E-state index in [4.69, 9.17) is 0 Å². The van der Waals surface area contributed by atoms with E-state index in [-0.39, 0.29) is 5.91 Å². The van der Waals surface area contributed by atoms with Crippen molar-refractivity contribution in [3.05, 3.63) is 45.9 Å². The number of rotatable bonds is 7. The standard InChI is InChI=1S/C18H25N5OS/c1-4-5-16(24)23-15-8-6-14(7-9-15)11-21-18(19-3)22-12-17-20-10-13(2)25-17/h6-10H,4-5,11-12H2,1-3H3,(H,23,24)(H2,19,21,22). The van der Waals surface area contributed by atoms with Gasteiger partial charge in [0.25, 0.3) is 0 Å². The van der Waals surface area contributed by atoms with Crippen molar-refractivity contribution in [3.8, 4) is 0 Å². The molecule has 1 aromatic heterocycles. The van der Waals surface area contributed by atoms with Crippen LogP contribution in [0.3, 0.4) is 0 Å². The van der Waals surface area contributed by atoms with Gasteiger partial charge < -0.3 is 16.0 Å². The second-order valence-corrected chi connectivity index (χ2v) is 6.96. The maximum absolute atomic E-state index is 11.6. The molecule has 2 rings (SSSR count). The molecule has 6 nitrogen and oxygen atoms in total. The largest absolute Gasteiger partial charge is 0.352 e. The van der Waals surface area contributed by atoms with Gasteiger partial charge in [0.1, 0.15) is 5.01 Å². The lowest BCUT2D eigenvalue weighted by atomic mass is 10.2. The number of aryl methyl sites for hydroxylation is 1. The van der Waals surface area contributed by atoms with Crippen LogP contribution in [0, 0.1) is 6.92 Å². The third kappa shape index (κ3) is 6.54. The summed E-state index contributed by atoms with van der Waals surface area (Å²) in [7, 11) is 1.74. The van der Waals surface area contributed by atoms with Crippen LogP contribution in [0.2, 0.25) is 0 Å². The Kier molecular flexibility index (Phi) is 7.40. The van der Waals surface area contributed by atoms with Crippen LogP contribution in [0.25, 0.3) is 0 Å². The molecule has 0 bridgehead atoms. The Morgan fingerprint density at radius 3 is 2.52 bits per heavy atom. The van der Waals surface area contributed by atoms with E-state index in [9.17, 15) is 4.79 Å². The maximum Gasteiger partial charge on any atom is 0.224 e. The number of thiazole rings is 1. The van der Waals surface area contributed by atoms with Gasteiger partial charge in [-0.05, 0) is 31.0 Å². The molecule has 7 heteroatoms. The number of guanidine groups is 1. The fourth-order valence-corrected chi connectivity index (χ4v) is 2.93. The van der Waals surface area contributed by atoms with E-state index in [0.29, 0.717) is 19.5 Å². The number of benzene rings is 1. The molecular formula is C18H25N5OS. The van der Waals surface area contributed by atoms with Gasteiger partial charge in [-0.3, -0.25) is 9.79 Å². The summed E-state index contributed by atoms with van der Waals surface area (Å²) in [6, 6.07) is 7.82. The zero-order valence-electron chi connectivity index (χ0n) is 14.9. The normalized spacial score (nSPS) is 11.2. The van der Waals surface area contributed by atoms with Gasteiger partial charge in [0.05, 0.1) is 6.54 Å². The topological polar surface area (TPSA) is 78.4 Å². The first kappa shape index (κ1) is 18.9. The molecule has 1 heterocycles. The minimum atomic E-state index is 0.0513. The molecule has 134 valence electrons. The van der Waals surface area contributed by atoms with Crippen molar-refractivity contribution in [1.82, 2.24) is 15.6 Å². The smallest absolute Gasteiger partial charge is 0.224 e. The van der Waals surface area contributed by atoms with Gasteiger partial charge >= 0.3 is 0 Å². The highest BCUT2D eigenvalue weighted by Gasteiger charge is 2.03. The van der Waals surface area contributed by atoms with Crippen molar-refractivity contribution in [1.29, 1.82) is 0 Å². The molecule has 0 aliphatic carbocycles. The summed E-state index contributed by atoms with van der Waals surface area (Å²) in [5, 5.41) is 10.4. The van der Waals surface area contributed by atoms with E-state index in [2.05, 4.69) is 25.9 Å². The number of anilines is 1. The van der Waals surface area contributed by atoms with Gasteiger partial charge in [0.2, 0.25) is 5.91 Å².